The molecule has 1 amide bonds. The van der Waals surface area contributed by atoms with E-state index in [1.165, 1.54) is 12.0 Å². The van der Waals surface area contributed by atoms with Crippen molar-refractivity contribution in [1.82, 2.24) is 19.8 Å². The Labute approximate surface area is 167 Å². The van der Waals surface area contributed by atoms with E-state index in [0.717, 1.165) is 75.5 Å². The number of benzene rings is 1. The molecule has 148 valence electrons. The van der Waals surface area contributed by atoms with Gasteiger partial charge in [-0.1, -0.05) is 30.3 Å². The van der Waals surface area contributed by atoms with Crippen LogP contribution in [0.4, 0.5) is 0 Å². The van der Waals surface area contributed by atoms with Crippen LogP contribution in [0.2, 0.25) is 0 Å². The number of likely N-dealkylation sites (tertiary alicyclic amines) is 2. The second-order valence-electron chi connectivity index (χ2n) is 8.11. The fourth-order valence-corrected chi connectivity index (χ4v) is 4.44. The van der Waals surface area contributed by atoms with Crippen molar-refractivity contribution in [2.75, 3.05) is 26.2 Å². The Morgan fingerprint density at radius 1 is 1.04 bits per heavy atom. The van der Waals surface area contributed by atoms with Crippen molar-refractivity contribution in [1.29, 1.82) is 0 Å². The summed E-state index contributed by atoms with van der Waals surface area (Å²) in [5.41, 5.74) is 3.07. The monoisotopic (exact) mass is 378 g/mol. The van der Waals surface area contributed by atoms with Crippen molar-refractivity contribution in [3.05, 3.63) is 59.2 Å². The lowest BCUT2D eigenvalue weighted by atomic mass is 9.90. The van der Waals surface area contributed by atoms with Crippen LogP contribution in [0.25, 0.3) is 0 Å². The fourth-order valence-electron chi connectivity index (χ4n) is 4.44. The maximum absolute atomic E-state index is 13.1. The van der Waals surface area contributed by atoms with Crippen molar-refractivity contribution < 1.29 is 4.79 Å². The molecule has 4 rings (SSSR count). The lowest BCUT2D eigenvalue weighted by Crippen LogP contribution is -2.37. The van der Waals surface area contributed by atoms with Gasteiger partial charge in [-0.05, 0) is 57.7 Å². The zero-order chi connectivity index (χ0) is 19.3. The smallest absolute Gasteiger partial charge is 0.257 e. The number of rotatable bonds is 4. The average Bonchev–Trinajstić information content (AvgIpc) is 2.75. The molecule has 2 saturated heterocycles. The maximum Gasteiger partial charge on any atom is 0.257 e. The minimum Gasteiger partial charge on any atom is -0.339 e. The highest BCUT2D eigenvalue weighted by atomic mass is 16.2. The highest BCUT2D eigenvalue weighted by Gasteiger charge is 2.28. The summed E-state index contributed by atoms with van der Waals surface area (Å²) >= 11 is 0. The predicted octanol–water partition coefficient (Wildman–Crippen LogP) is 3.79. The molecule has 0 aliphatic carbocycles. The quantitative estimate of drug-likeness (QED) is 0.812. The normalized spacial score (nSPS) is 19.0. The van der Waals surface area contributed by atoms with E-state index in [1.807, 2.05) is 11.8 Å². The van der Waals surface area contributed by atoms with Crippen LogP contribution in [0, 0.1) is 6.92 Å². The third-order valence-electron chi connectivity index (χ3n) is 6.04. The molecule has 0 spiro atoms. The van der Waals surface area contributed by atoms with E-state index >= 15 is 0 Å². The third kappa shape index (κ3) is 4.41. The van der Waals surface area contributed by atoms with Gasteiger partial charge < -0.3 is 4.90 Å². The van der Waals surface area contributed by atoms with Crippen LogP contribution in [0.1, 0.15) is 65.5 Å². The molecule has 0 saturated carbocycles. The Hall–Kier alpha value is -2.27. The van der Waals surface area contributed by atoms with Crippen LogP contribution < -0.4 is 0 Å². The molecule has 2 aliphatic heterocycles. The molecule has 1 aromatic carbocycles. The van der Waals surface area contributed by atoms with E-state index in [2.05, 4.69) is 40.2 Å². The van der Waals surface area contributed by atoms with Gasteiger partial charge in [0.15, 0.2) is 0 Å². The van der Waals surface area contributed by atoms with E-state index in [4.69, 9.17) is 4.98 Å². The second-order valence-corrected chi connectivity index (χ2v) is 8.11. The average molecular weight is 379 g/mol. The van der Waals surface area contributed by atoms with Crippen molar-refractivity contribution >= 4 is 5.91 Å². The van der Waals surface area contributed by atoms with Crippen molar-refractivity contribution in [3.8, 4) is 0 Å². The first-order chi connectivity index (χ1) is 13.7. The summed E-state index contributed by atoms with van der Waals surface area (Å²) in [6.45, 7) is 6.72. The molecular weight excluding hydrogens is 348 g/mol. The number of aromatic nitrogens is 2. The second kappa shape index (κ2) is 8.82. The highest BCUT2D eigenvalue weighted by molar-refractivity contribution is 5.95. The molecule has 5 heteroatoms. The van der Waals surface area contributed by atoms with Gasteiger partial charge in [0.05, 0.1) is 11.3 Å². The Morgan fingerprint density at radius 3 is 2.46 bits per heavy atom. The summed E-state index contributed by atoms with van der Waals surface area (Å²) in [7, 11) is 0. The van der Waals surface area contributed by atoms with Gasteiger partial charge in [0.1, 0.15) is 5.82 Å². The van der Waals surface area contributed by atoms with Gasteiger partial charge in [0.25, 0.3) is 5.91 Å². The number of hydrogen-bond acceptors (Lipinski definition) is 4. The summed E-state index contributed by atoms with van der Waals surface area (Å²) < 4.78 is 0. The van der Waals surface area contributed by atoms with Crippen LogP contribution in [-0.4, -0.2) is 51.9 Å². The summed E-state index contributed by atoms with van der Waals surface area (Å²) in [6, 6.07) is 10.6. The van der Waals surface area contributed by atoms with Gasteiger partial charge in [-0.3, -0.25) is 9.69 Å². The zero-order valence-electron chi connectivity index (χ0n) is 16.8. The van der Waals surface area contributed by atoms with Gasteiger partial charge in [0, 0.05) is 31.7 Å². The van der Waals surface area contributed by atoms with Crippen LogP contribution >= 0.6 is 0 Å². The number of piperidine rings is 2. The van der Waals surface area contributed by atoms with E-state index in [-0.39, 0.29) is 5.91 Å². The lowest BCUT2D eigenvalue weighted by Gasteiger charge is -2.33. The molecule has 0 radical (unpaired) electrons. The van der Waals surface area contributed by atoms with Crippen LogP contribution in [0.3, 0.4) is 0 Å². The predicted molar refractivity (Wildman–Crippen MR) is 110 cm³/mol. The molecule has 2 aliphatic rings. The van der Waals surface area contributed by atoms with Gasteiger partial charge in [0.2, 0.25) is 0 Å². The Morgan fingerprint density at radius 2 is 1.75 bits per heavy atom. The van der Waals surface area contributed by atoms with Crippen molar-refractivity contribution in [2.24, 2.45) is 0 Å². The van der Waals surface area contributed by atoms with Crippen molar-refractivity contribution in [3.63, 3.8) is 0 Å². The molecule has 0 N–H and O–H groups in total. The molecule has 2 fully saturated rings. The number of aryl methyl sites for hydroxylation is 1. The standard InChI is InChI=1S/C23H30N4O/c1-18-24-16-21(23(28)27-12-6-3-7-13-27)22(25-18)20-10-14-26(15-11-20)17-19-8-4-2-5-9-19/h2,4-5,8-9,16,20H,3,6-7,10-15,17H2,1H3. The molecular formula is C23H30N4O. The van der Waals surface area contributed by atoms with E-state index in [0.29, 0.717) is 5.92 Å². The number of amides is 1. The van der Waals surface area contributed by atoms with E-state index in [1.54, 1.807) is 6.20 Å². The first-order valence-electron chi connectivity index (χ1n) is 10.6. The van der Waals surface area contributed by atoms with Gasteiger partial charge in [-0.2, -0.15) is 0 Å². The van der Waals surface area contributed by atoms with Crippen LogP contribution in [-0.2, 0) is 6.54 Å². The summed E-state index contributed by atoms with van der Waals surface area (Å²) in [4.78, 5) is 26.7. The highest BCUT2D eigenvalue weighted by Crippen LogP contribution is 2.30. The molecule has 0 bridgehead atoms. The van der Waals surface area contributed by atoms with E-state index < -0.39 is 0 Å². The largest absolute Gasteiger partial charge is 0.339 e. The molecule has 5 nitrogen and oxygen atoms in total. The zero-order valence-corrected chi connectivity index (χ0v) is 16.8. The molecule has 28 heavy (non-hydrogen) atoms. The van der Waals surface area contributed by atoms with Gasteiger partial charge in [-0.25, -0.2) is 9.97 Å². The topological polar surface area (TPSA) is 49.3 Å². The van der Waals surface area contributed by atoms with Gasteiger partial charge in [-0.15, -0.1) is 0 Å². The summed E-state index contributed by atoms with van der Waals surface area (Å²) in [5, 5.41) is 0. The molecule has 2 aromatic rings. The molecule has 0 unspecified atom stereocenters. The minimum absolute atomic E-state index is 0.126. The number of hydrogen-bond donors (Lipinski definition) is 0. The first kappa shape index (κ1) is 19.1. The SMILES string of the molecule is Cc1ncc(C(=O)N2CCCCC2)c(C2CCN(Cc3ccccc3)CC2)n1. The Bertz CT molecular complexity index is 794. The number of carbonyl (C=O) groups excluding carboxylic acids is 1. The van der Waals surface area contributed by atoms with Gasteiger partial charge >= 0.3 is 0 Å². The molecule has 0 atom stereocenters. The molecule has 3 heterocycles. The van der Waals surface area contributed by atoms with Crippen LogP contribution in [0.15, 0.2) is 36.5 Å². The molecule has 1 aromatic heterocycles. The Kier molecular flexibility index (Phi) is 6.01. The number of nitrogens with zero attached hydrogens (tertiary/aromatic N) is 4. The first-order valence-corrected chi connectivity index (χ1v) is 10.6. The maximum atomic E-state index is 13.1. The van der Waals surface area contributed by atoms with Crippen LogP contribution in [0.5, 0.6) is 0 Å². The number of carbonyl (C=O) groups is 1. The lowest BCUT2D eigenvalue weighted by molar-refractivity contribution is 0.0720. The fraction of sp³-hybridized carbons (Fsp3) is 0.522. The van der Waals surface area contributed by atoms with E-state index in [9.17, 15) is 4.79 Å². The summed E-state index contributed by atoms with van der Waals surface area (Å²) in [5.74, 6) is 1.23. The Balaban J connectivity index is 1.45. The third-order valence-corrected chi connectivity index (χ3v) is 6.04. The minimum atomic E-state index is 0.126. The van der Waals surface area contributed by atoms with Crippen molar-refractivity contribution in [2.45, 2.75) is 51.5 Å². The summed E-state index contributed by atoms with van der Waals surface area (Å²) in [6.07, 6.45) is 7.29.